The third kappa shape index (κ3) is 4.32. The first kappa shape index (κ1) is 15.1. The molecule has 2 aliphatic rings. The second-order valence-electron chi connectivity index (χ2n) is 5.61. The number of halogens is 3. The van der Waals surface area contributed by atoms with Crippen molar-refractivity contribution in [3.05, 3.63) is 0 Å². The summed E-state index contributed by atoms with van der Waals surface area (Å²) in [5, 5.41) is 0. The first-order valence-electron chi connectivity index (χ1n) is 6.44. The number of piperidine rings is 1. The molecule has 1 heterocycles. The highest BCUT2D eigenvalue weighted by molar-refractivity contribution is 7.89. The predicted octanol–water partition coefficient (Wildman–Crippen LogP) is 1.34. The Balaban J connectivity index is 1.87. The van der Waals surface area contributed by atoms with Crippen molar-refractivity contribution in [1.82, 2.24) is 9.62 Å². The van der Waals surface area contributed by atoms with E-state index < -0.39 is 28.3 Å². The van der Waals surface area contributed by atoms with Gasteiger partial charge in [-0.3, -0.25) is 4.90 Å². The molecule has 112 valence electrons. The van der Waals surface area contributed by atoms with E-state index in [0.717, 1.165) is 12.8 Å². The van der Waals surface area contributed by atoms with Gasteiger partial charge in [0.25, 0.3) is 0 Å². The molecule has 2 rings (SSSR count). The summed E-state index contributed by atoms with van der Waals surface area (Å²) in [7, 11) is -1.96. The molecule has 19 heavy (non-hydrogen) atoms. The van der Waals surface area contributed by atoms with Gasteiger partial charge in [-0.2, -0.15) is 13.2 Å². The van der Waals surface area contributed by atoms with Crippen LogP contribution in [0.1, 0.15) is 25.7 Å². The van der Waals surface area contributed by atoms with Gasteiger partial charge in [-0.1, -0.05) is 0 Å². The Bertz CT molecular complexity index is 420. The molecule has 1 saturated heterocycles. The van der Waals surface area contributed by atoms with E-state index in [0.29, 0.717) is 0 Å². The van der Waals surface area contributed by atoms with Crippen molar-refractivity contribution in [1.29, 1.82) is 0 Å². The van der Waals surface area contributed by atoms with Crippen LogP contribution in [0.4, 0.5) is 13.2 Å². The summed E-state index contributed by atoms with van der Waals surface area (Å²) in [5.41, 5.74) is 0. The Morgan fingerprint density at radius 2 is 1.84 bits per heavy atom. The smallest absolute Gasteiger partial charge is 0.294 e. The molecule has 0 amide bonds. The molecule has 1 N–H and O–H groups in total. The fourth-order valence-corrected chi connectivity index (χ4v) is 4.30. The monoisotopic (exact) mass is 300 g/mol. The van der Waals surface area contributed by atoms with Gasteiger partial charge in [0.15, 0.2) is 0 Å². The minimum Gasteiger partial charge on any atom is -0.294 e. The molecule has 0 aromatic rings. The number of nitrogens with zero attached hydrogens (tertiary/aromatic N) is 1. The average molecular weight is 300 g/mol. The van der Waals surface area contributed by atoms with Crippen LogP contribution in [0.3, 0.4) is 0 Å². The maximum atomic E-state index is 12.7. The number of rotatable bonds is 4. The Morgan fingerprint density at radius 1 is 1.21 bits per heavy atom. The number of nitrogens with one attached hydrogen (secondary N) is 1. The number of hydrogen-bond donors (Lipinski definition) is 1. The van der Waals surface area contributed by atoms with Crippen molar-refractivity contribution in [2.75, 3.05) is 19.3 Å². The highest BCUT2D eigenvalue weighted by Crippen LogP contribution is 2.32. The molecule has 1 saturated carbocycles. The van der Waals surface area contributed by atoms with Crippen molar-refractivity contribution < 1.29 is 21.6 Å². The van der Waals surface area contributed by atoms with Crippen LogP contribution in [0, 0.1) is 5.92 Å². The second-order valence-corrected chi connectivity index (χ2v) is 7.41. The lowest BCUT2D eigenvalue weighted by atomic mass is 9.99. The van der Waals surface area contributed by atoms with Crippen LogP contribution in [-0.4, -0.2) is 50.9 Å². The molecule has 2 atom stereocenters. The van der Waals surface area contributed by atoms with Crippen LogP contribution in [-0.2, 0) is 10.0 Å². The van der Waals surface area contributed by atoms with Crippen molar-refractivity contribution >= 4 is 10.0 Å². The molecule has 0 unspecified atom stereocenters. The van der Waals surface area contributed by atoms with E-state index in [1.807, 2.05) is 0 Å². The molecule has 4 nitrogen and oxygen atoms in total. The molecule has 2 fully saturated rings. The summed E-state index contributed by atoms with van der Waals surface area (Å²) in [4.78, 5) is 1.19. The SMILES string of the molecule is CN1C[C@H](NS(=O)(=O)CC2CC2)CC[C@@H]1C(F)(F)F. The summed E-state index contributed by atoms with van der Waals surface area (Å²) < 4.78 is 64.1. The van der Waals surface area contributed by atoms with E-state index in [1.165, 1.54) is 11.9 Å². The minimum atomic E-state index is -4.24. The van der Waals surface area contributed by atoms with Gasteiger partial charge in [0.2, 0.25) is 10.0 Å². The molecule has 0 aromatic heterocycles. The lowest BCUT2D eigenvalue weighted by molar-refractivity contribution is -0.188. The van der Waals surface area contributed by atoms with Gasteiger partial charge in [0.1, 0.15) is 6.04 Å². The fourth-order valence-electron chi connectivity index (χ4n) is 2.55. The van der Waals surface area contributed by atoms with Gasteiger partial charge >= 0.3 is 6.18 Å². The summed E-state index contributed by atoms with van der Waals surface area (Å²) in [5.74, 6) is 0.345. The van der Waals surface area contributed by atoms with E-state index in [1.54, 1.807) is 0 Å². The van der Waals surface area contributed by atoms with Gasteiger partial charge in [-0.25, -0.2) is 13.1 Å². The molecular formula is C11H19F3N2O2S. The zero-order valence-corrected chi connectivity index (χ0v) is 11.6. The summed E-state index contributed by atoms with van der Waals surface area (Å²) in [6.45, 7) is 0.105. The maximum Gasteiger partial charge on any atom is 0.404 e. The molecule has 1 aliphatic carbocycles. The van der Waals surface area contributed by atoms with Crippen LogP contribution in [0.25, 0.3) is 0 Å². The van der Waals surface area contributed by atoms with E-state index in [4.69, 9.17) is 0 Å². The number of alkyl halides is 3. The molecule has 0 bridgehead atoms. The first-order valence-corrected chi connectivity index (χ1v) is 8.09. The lowest BCUT2D eigenvalue weighted by Gasteiger charge is -2.38. The Kier molecular flexibility index (Phi) is 4.13. The molecule has 8 heteroatoms. The molecule has 0 radical (unpaired) electrons. The van der Waals surface area contributed by atoms with Crippen LogP contribution < -0.4 is 4.72 Å². The molecule has 1 aliphatic heterocycles. The van der Waals surface area contributed by atoms with Crippen LogP contribution >= 0.6 is 0 Å². The highest BCUT2D eigenvalue weighted by Gasteiger charge is 2.45. The summed E-state index contributed by atoms with van der Waals surface area (Å²) >= 11 is 0. The third-order valence-electron chi connectivity index (χ3n) is 3.71. The number of hydrogen-bond acceptors (Lipinski definition) is 3. The van der Waals surface area contributed by atoms with E-state index in [-0.39, 0.29) is 31.1 Å². The zero-order valence-electron chi connectivity index (χ0n) is 10.8. The maximum absolute atomic E-state index is 12.7. The highest BCUT2D eigenvalue weighted by atomic mass is 32.2. The summed E-state index contributed by atoms with van der Waals surface area (Å²) in [6.07, 6.45) is -2.20. The fraction of sp³-hybridized carbons (Fsp3) is 1.00. The summed E-state index contributed by atoms with van der Waals surface area (Å²) in [6, 6.07) is -1.87. The topological polar surface area (TPSA) is 49.4 Å². The average Bonchev–Trinajstić information content (AvgIpc) is 2.97. The van der Waals surface area contributed by atoms with Crippen LogP contribution in [0.2, 0.25) is 0 Å². The molecular weight excluding hydrogens is 281 g/mol. The van der Waals surface area contributed by atoms with Gasteiger partial charge in [0, 0.05) is 12.6 Å². The van der Waals surface area contributed by atoms with E-state index in [9.17, 15) is 21.6 Å². The number of likely N-dealkylation sites (N-methyl/N-ethyl adjacent to an activating group) is 1. The number of likely N-dealkylation sites (tertiary alicyclic amines) is 1. The van der Waals surface area contributed by atoms with Gasteiger partial charge in [0.05, 0.1) is 5.75 Å². The van der Waals surface area contributed by atoms with Crippen LogP contribution in [0.15, 0.2) is 0 Å². The second kappa shape index (κ2) is 5.21. The minimum absolute atomic E-state index is 0.0589. The van der Waals surface area contributed by atoms with Crippen LogP contribution in [0.5, 0.6) is 0 Å². The molecule has 0 spiro atoms. The van der Waals surface area contributed by atoms with Gasteiger partial charge < -0.3 is 0 Å². The quantitative estimate of drug-likeness (QED) is 0.852. The van der Waals surface area contributed by atoms with Gasteiger partial charge in [-0.15, -0.1) is 0 Å². The molecule has 0 aromatic carbocycles. The van der Waals surface area contributed by atoms with E-state index >= 15 is 0 Å². The van der Waals surface area contributed by atoms with Crippen molar-refractivity contribution in [3.63, 3.8) is 0 Å². The van der Waals surface area contributed by atoms with Crippen molar-refractivity contribution in [2.45, 2.75) is 43.9 Å². The van der Waals surface area contributed by atoms with Crippen molar-refractivity contribution in [3.8, 4) is 0 Å². The predicted molar refractivity (Wildman–Crippen MR) is 65.1 cm³/mol. The lowest BCUT2D eigenvalue weighted by Crippen LogP contribution is -2.55. The Hall–Kier alpha value is -0.340. The van der Waals surface area contributed by atoms with E-state index in [2.05, 4.69) is 4.72 Å². The normalized spacial score (nSPS) is 30.5. The van der Waals surface area contributed by atoms with Crippen molar-refractivity contribution in [2.24, 2.45) is 5.92 Å². The zero-order chi connectivity index (χ0) is 14.3. The third-order valence-corrected chi connectivity index (χ3v) is 5.31. The number of sulfonamides is 1. The Labute approximate surface area is 111 Å². The Morgan fingerprint density at radius 3 is 2.32 bits per heavy atom. The first-order chi connectivity index (χ1) is 8.67. The largest absolute Gasteiger partial charge is 0.404 e. The standard InChI is InChI=1S/C11H19F3N2O2S/c1-16-6-9(4-5-10(16)11(12,13)14)15-19(17,18)7-8-2-3-8/h8-10,15H,2-7H2,1H3/t9-,10-/m1/s1. The van der Waals surface area contributed by atoms with Gasteiger partial charge in [-0.05, 0) is 38.6 Å².